The molecule has 0 saturated heterocycles. The Balaban J connectivity index is 2.49. The van der Waals surface area contributed by atoms with Crippen molar-refractivity contribution in [2.45, 2.75) is 4.90 Å². The highest BCUT2D eigenvalue weighted by Crippen LogP contribution is 2.30. The summed E-state index contributed by atoms with van der Waals surface area (Å²) in [7, 11) is 0. The van der Waals surface area contributed by atoms with Crippen LogP contribution in [0.1, 0.15) is 10.4 Å². The van der Waals surface area contributed by atoms with Crippen molar-refractivity contribution in [3.8, 4) is 5.75 Å². The average Bonchev–Trinajstić information content (AvgIpc) is 2.29. The molecule has 1 heterocycles. The van der Waals surface area contributed by atoms with E-state index in [9.17, 15) is 4.79 Å². The van der Waals surface area contributed by atoms with Crippen molar-refractivity contribution in [3.63, 3.8) is 0 Å². The number of benzene rings is 1. The molecule has 15 heavy (non-hydrogen) atoms. The molecule has 0 aliphatic carbocycles. The zero-order valence-electron chi connectivity index (χ0n) is 8.12. The van der Waals surface area contributed by atoms with Crippen molar-refractivity contribution in [1.29, 1.82) is 0 Å². The maximum absolute atomic E-state index is 11.9. The number of halogens is 1. The first-order valence-corrected chi connectivity index (χ1v) is 6.07. The van der Waals surface area contributed by atoms with Gasteiger partial charge in [0.25, 0.3) is 0 Å². The molecule has 1 aromatic carbocycles. The normalized spacial score (nSPS) is 17.5. The summed E-state index contributed by atoms with van der Waals surface area (Å²) in [4.78, 5) is 12.9. The molecule has 0 spiro atoms. The van der Waals surface area contributed by atoms with Crippen molar-refractivity contribution >= 4 is 29.1 Å². The van der Waals surface area contributed by atoms with Crippen LogP contribution in [0.5, 0.6) is 5.75 Å². The standard InChI is InChI=1S/C11H9ClO2S/c1-15-8-2-3-10-9(4-8)11(13)7(5-12)6-14-10/h2-5H,6H2,1H3. The highest BCUT2D eigenvalue weighted by Gasteiger charge is 2.23. The summed E-state index contributed by atoms with van der Waals surface area (Å²) < 4.78 is 5.41. The van der Waals surface area contributed by atoms with E-state index in [0.29, 0.717) is 16.9 Å². The van der Waals surface area contributed by atoms with Gasteiger partial charge in [-0.15, -0.1) is 11.8 Å². The summed E-state index contributed by atoms with van der Waals surface area (Å²) in [5, 5.41) is 0. The molecule has 0 aromatic heterocycles. The Hall–Kier alpha value is -0.930. The Bertz CT molecular complexity index is 440. The zero-order chi connectivity index (χ0) is 10.8. The second kappa shape index (κ2) is 4.29. The summed E-state index contributed by atoms with van der Waals surface area (Å²) in [5.74, 6) is 0.599. The number of hydrogen-bond acceptors (Lipinski definition) is 3. The van der Waals surface area contributed by atoms with E-state index in [1.54, 1.807) is 11.8 Å². The molecule has 0 atom stereocenters. The number of carbonyl (C=O) groups is 1. The zero-order valence-corrected chi connectivity index (χ0v) is 9.69. The Morgan fingerprint density at radius 1 is 1.53 bits per heavy atom. The van der Waals surface area contributed by atoms with Gasteiger partial charge in [-0.1, -0.05) is 11.6 Å². The summed E-state index contributed by atoms with van der Waals surface area (Å²) in [6, 6.07) is 5.60. The number of fused-ring (bicyclic) bond motifs is 1. The van der Waals surface area contributed by atoms with E-state index in [0.717, 1.165) is 4.90 Å². The molecule has 1 aliphatic rings. The van der Waals surface area contributed by atoms with E-state index in [-0.39, 0.29) is 12.4 Å². The molecule has 0 fully saturated rings. The summed E-state index contributed by atoms with van der Waals surface area (Å²) in [6.07, 6.45) is 1.97. The fourth-order valence-electron chi connectivity index (χ4n) is 1.41. The van der Waals surface area contributed by atoms with E-state index < -0.39 is 0 Å². The molecule has 0 bridgehead atoms. The Morgan fingerprint density at radius 2 is 2.33 bits per heavy atom. The van der Waals surface area contributed by atoms with Gasteiger partial charge in [0.15, 0.2) is 5.78 Å². The van der Waals surface area contributed by atoms with Gasteiger partial charge >= 0.3 is 0 Å². The molecule has 2 nitrogen and oxygen atoms in total. The van der Waals surface area contributed by atoms with E-state index in [4.69, 9.17) is 16.3 Å². The molecule has 78 valence electrons. The molecule has 0 unspecified atom stereocenters. The van der Waals surface area contributed by atoms with Gasteiger partial charge in [0.1, 0.15) is 12.4 Å². The van der Waals surface area contributed by atoms with Crippen LogP contribution in [0.3, 0.4) is 0 Å². The maximum Gasteiger partial charge on any atom is 0.197 e. The predicted molar refractivity (Wildman–Crippen MR) is 62.0 cm³/mol. The molecule has 0 radical (unpaired) electrons. The average molecular weight is 241 g/mol. The van der Waals surface area contributed by atoms with Crippen molar-refractivity contribution in [3.05, 3.63) is 34.9 Å². The number of Topliss-reactive ketones (excluding diaryl/α,β-unsaturated/α-hetero) is 1. The Labute approximate surface area is 97.3 Å². The van der Waals surface area contributed by atoms with Crippen LogP contribution in [0.2, 0.25) is 0 Å². The number of hydrogen-bond donors (Lipinski definition) is 0. The summed E-state index contributed by atoms with van der Waals surface area (Å²) in [6.45, 7) is 0.258. The molecule has 0 saturated carbocycles. The van der Waals surface area contributed by atoms with Crippen LogP contribution in [-0.2, 0) is 0 Å². The third-order valence-corrected chi connectivity index (χ3v) is 3.23. The van der Waals surface area contributed by atoms with Crippen molar-refractivity contribution in [2.24, 2.45) is 0 Å². The number of ketones is 1. The minimum absolute atomic E-state index is 0.0397. The van der Waals surface area contributed by atoms with Gasteiger partial charge in [-0.2, -0.15) is 0 Å². The van der Waals surface area contributed by atoms with Crippen molar-refractivity contribution < 1.29 is 9.53 Å². The predicted octanol–water partition coefficient (Wildman–Crippen LogP) is 3.11. The van der Waals surface area contributed by atoms with E-state index in [2.05, 4.69) is 0 Å². The SMILES string of the molecule is CSc1ccc2c(c1)C(=O)C(=CCl)CO2. The van der Waals surface area contributed by atoms with Gasteiger partial charge in [0.05, 0.1) is 5.56 Å². The monoisotopic (exact) mass is 240 g/mol. The molecule has 0 N–H and O–H groups in total. The van der Waals surface area contributed by atoms with Gasteiger partial charge in [0, 0.05) is 16.0 Å². The van der Waals surface area contributed by atoms with Crippen LogP contribution in [0.4, 0.5) is 0 Å². The molecular formula is C11H9ClO2S. The second-order valence-corrected chi connectivity index (χ2v) is 4.21. The summed E-state index contributed by atoms with van der Waals surface area (Å²) in [5.41, 5.74) is 2.39. The number of ether oxygens (including phenoxy) is 1. The third-order valence-electron chi connectivity index (χ3n) is 2.24. The number of rotatable bonds is 1. The smallest absolute Gasteiger partial charge is 0.197 e. The first kappa shape index (κ1) is 10.6. The highest BCUT2D eigenvalue weighted by molar-refractivity contribution is 7.98. The first-order valence-electron chi connectivity index (χ1n) is 4.41. The Morgan fingerprint density at radius 3 is 3.00 bits per heavy atom. The fourth-order valence-corrected chi connectivity index (χ4v) is 2.02. The van der Waals surface area contributed by atoms with Crippen molar-refractivity contribution in [1.82, 2.24) is 0 Å². The quantitative estimate of drug-likeness (QED) is 0.557. The van der Waals surface area contributed by atoms with Gasteiger partial charge in [-0.25, -0.2) is 0 Å². The van der Waals surface area contributed by atoms with E-state index >= 15 is 0 Å². The van der Waals surface area contributed by atoms with Gasteiger partial charge in [-0.3, -0.25) is 4.79 Å². The lowest BCUT2D eigenvalue weighted by molar-refractivity contribution is 0.0999. The van der Waals surface area contributed by atoms with E-state index in [1.165, 1.54) is 5.54 Å². The highest BCUT2D eigenvalue weighted by atomic mass is 35.5. The lowest BCUT2D eigenvalue weighted by atomic mass is 10.0. The minimum atomic E-state index is -0.0397. The maximum atomic E-state index is 11.9. The fraction of sp³-hybridized carbons (Fsp3) is 0.182. The Kier molecular flexibility index (Phi) is 3.03. The van der Waals surface area contributed by atoms with Crippen LogP contribution in [0, 0.1) is 0 Å². The molecule has 1 aromatic rings. The molecular weight excluding hydrogens is 232 g/mol. The topological polar surface area (TPSA) is 26.3 Å². The first-order chi connectivity index (χ1) is 7.26. The van der Waals surface area contributed by atoms with Gasteiger partial charge in [-0.05, 0) is 24.5 Å². The minimum Gasteiger partial charge on any atom is -0.488 e. The van der Waals surface area contributed by atoms with Crippen LogP contribution < -0.4 is 4.74 Å². The van der Waals surface area contributed by atoms with Crippen LogP contribution in [0.25, 0.3) is 0 Å². The molecule has 2 rings (SSSR count). The second-order valence-electron chi connectivity index (χ2n) is 3.11. The summed E-state index contributed by atoms with van der Waals surface area (Å²) >= 11 is 7.14. The third kappa shape index (κ3) is 1.90. The van der Waals surface area contributed by atoms with Crippen LogP contribution in [0.15, 0.2) is 34.2 Å². The van der Waals surface area contributed by atoms with E-state index in [1.807, 2.05) is 24.5 Å². The van der Waals surface area contributed by atoms with Crippen LogP contribution in [-0.4, -0.2) is 18.6 Å². The number of carbonyl (C=O) groups excluding carboxylic acids is 1. The molecule has 0 amide bonds. The largest absolute Gasteiger partial charge is 0.488 e. The molecule has 1 aliphatic heterocycles. The lowest BCUT2D eigenvalue weighted by Gasteiger charge is -2.18. The molecule has 4 heteroatoms. The van der Waals surface area contributed by atoms with Crippen LogP contribution >= 0.6 is 23.4 Å². The van der Waals surface area contributed by atoms with Gasteiger partial charge < -0.3 is 4.74 Å². The number of thioether (sulfide) groups is 1. The lowest BCUT2D eigenvalue weighted by Crippen LogP contribution is -2.18. The van der Waals surface area contributed by atoms with Gasteiger partial charge in [0.2, 0.25) is 0 Å². The van der Waals surface area contributed by atoms with Crippen molar-refractivity contribution in [2.75, 3.05) is 12.9 Å².